The molecule has 1 heterocycles. The summed E-state index contributed by atoms with van der Waals surface area (Å²) in [5.41, 5.74) is 5.12. The van der Waals surface area contributed by atoms with Crippen molar-refractivity contribution in [1.29, 1.82) is 0 Å². The molecule has 0 spiro atoms. The summed E-state index contributed by atoms with van der Waals surface area (Å²) in [4.78, 5) is 12.7. The standard InChI is InChI=1S/C23H25NO/c1-17-21(25)15-20(18-11-7-5-8-12-18)24(16-23(2,3)4)22(17)19-13-9-6-10-14-19/h5-15H,16H2,1-4H3. The van der Waals surface area contributed by atoms with Gasteiger partial charge in [0.25, 0.3) is 0 Å². The summed E-state index contributed by atoms with van der Waals surface area (Å²) in [6.07, 6.45) is 0. The molecule has 0 bridgehead atoms. The van der Waals surface area contributed by atoms with E-state index in [2.05, 4.69) is 49.6 Å². The number of nitrogens with zero attached hydrogens (tertiary/aromatic N) is 1. The van der Waals surface area contributed by atoms with Crippen molar-refractivity contribution < 1.29 is 0 Å². The summed E-state index contributed by atoms with van der Waals surface area (Å²) in [6, 6.07) is 22.2. The van der Waals surface area contributed by atoms with Crippen LogP contribution >= 0.6 is 0 Å². The molecule has 3 rings (SSSR count). The first-order valence-corrected chi connectivity index (χ1v) is 8.72. The van der Waals surface area contributed by atoms with Gasteiger partial charge in [0.2, 0.25) is 0 Å². The number of pyridine rings is 1. The van der Waals surface area contributed by atoms with E-state index in [1.165, 1.54) is 0 Å². The molecule has 1 aromatic heterocycles. The third kappa shape index (κ3) is 3.74. The normalized spacial score (nSPS) is 11.5. The zero-order chi connectivity index (χ0) is 18.0. The maximum absolute atomic E-state index is 12.7. The Kier molecular flexibility index (Phi) is 4.63. The Morgan fingerprint density at radius 1 is 0.840 bits per heavy atom. The van der Waals surface area contributed by atoms with Crippen molar-refractivity contribution in [2.24, 2.45) is 5.41 Å². The number of hydrogen-bond acceptors (Lipinski definition) is 1. The minimum Gasteiger partial charge on any atom is -0.340 e. The number of aromatic nitrogens is 1. The van der Waals surface area contributed by atoms with E-state index in [-0.39, 0.29) is 10.8 Å². The van der Waals surface area contributed by atoms with Gasteiger partial charge in [-0.2, -0.15) is 0 Å². The smallest absolute Gasteiger partial charge is 0.185 e. The summed E-state index contributed by atoms with van der Waals surface area (Å²) in [5, 5.41) is 0. The Balaban J connectivity index is 2.36. The molecule has 0 radical (unpaired) electrons. The lowest BCUT2D eigenvalue weighted by Gasteiger charge is -2.27. The first-order chi connectivity index (χ1) is 11.9. The molecule has 0 fully saturated rings. The van der Waals surface area contributed by atoms with Crippen LogP contribution in [0.3, 0.4) is 0 Å². The van der Waals surface area contributed by atoms with E-state index in [1.54, 1.807) is 6.07 Å². The summed E-state index contributed by atoms with van der Waals surface area (Å²) < 4.78 is 2.31. The summed E-state index contributed by atoms with van der Waals surface area (Å²) >= 11 is 0. The van der Waals surface area contributed by atoms with Crippen LogP contribution in [0, 0.1) is 12.3 Å². The van der Waals surface area contributed by atoms with Crippen molar-refractivity contribution in [1.82, 2.24) is 4.57 Å². The molecular formula is C23H25NO. The molecule has 0 aliphatic carbocycles. The number of benzene rings is 2. The topological polar surface area (TPSA) is 22.0 Å². The minimum atomic E-state index is 0.0860. The summed E-state index contributed by atoms with van der Waals surface area (Å²) in [6.45, 7) is 9.44. The van der Waals surface area contributed by atoms with Gasteiger partial charge in [0.05, 0.1) is 11.4 Å². The quantitative estimate of drug-likeness (QED) is 0.618. The van der Waals surface area contributed by atoms with Crippen LogP contribution in [0.4, 0.5) is 0 Å². The average molecular weight is 331 g/mol. The fourth-order valence-electron chi connectivity index (χ4n) is 3.20. The molecule has 0 aliphatic heterocycles. The van der Waals surface area contributed by atoms with Crippen LogP contribution in [0.15, 0.2) is 71.5 Å². The van der Waals surface area contributed by atoms with Crippen LogP contribution < -0.4 is 5.43 Å². The maximum atomic E-state index is 12.7. The van der Waals surface area contributed by atoms with E-state index < -0.39 is 0 Å². The van der Waals surface area contributed by atoms with E-state index in [1.807, 2.05) is 43.3 Å². The van der Waals surface area contributed by atoms with Gasteiger partial charge in [-0.1, -0.05) is 81.4 Å². The Hall–Kier alpha value is -2.61. The predicted molar refractivity (Wildman–Crippen MR) is 106 cm³/mol. The van der Waals surface area contributed by atoms with Crippen LogP contribution in [0.5, 0.6) is 0 Å². The fraction of sp³-hybridized carbons (Fsp3) is 0.261. The molecule has 2 heteroatoms. The van der Waals surface area contributed by atoms with Crippen LogP contribution in [-0.2, 0) is 6.54 Å². The van der Waals surface area contributed by atoms with E-state index >= 15 is 0 Å². The molecule has 0 amide bonds. The highest BCUT2D eigenvalue weighted by molar-refractivity contribution is 5.70. The minimum absolute atomic E-state index is 0.0860. The Morgan fingerprint density at radius 3 is 1.88 bits per heavy atom. The second kappa shape index (κ2) is 6.72. The predicted octanol–water partition coefficient (Wildman–Crippen LogP) is 5.54. The van der Waals surface area contributed by atoms with E-state index in [0.29, 0.717) is 0 Å². The molecule has 2 nitrogen and oxygen atoms in total. The number of hydrogen-bond donors (Lipinski definition) is 0. The molecule has 0 atom stereocenters. The van der Waals surface area contributed by atoms with Gasteiger partial charge < -0.3 is 4.57 Å². The highest BCUT2D eigenvalue weighted by Gasteiger charge is 2.20. The molecule has 2 aromatic carbocycles. The van der Waals surface area contributed by atoms with E-state index in [4.69, 9.17) is 0 Å². The average Bonchev–Trinajstić information content (AvgIpc) is 2.58. The van der Waals surface area contributed by atoms with Gasteiger partial charge in [-0.15, -0.1) is 0 Å². The van der Waals surface area contributed by atoms with Crippen LogP contribution in [-0.4, -0.2) is 4.57 Å². The fourth-order valence-corrected chi connectivity index (χ4v) is 3.20. The Morgan fingerprint density at radius 2 is 1.36 bits per heavy atom. The second-order valence-corrected chi connectivity index (χ2v) is 7.75. The molecule has 0 saturated carbocycles. The van der Waals surface area contributed by atoms with Crippen LogP contribution in [0.1, 0.15) is 26.3 Å². The second-order valence-electron chi connectivity index (χ2n) is 7.75. The van der Waals surface area contributed by atoms with Gasteiger partial charge in [-0.25, -0.2) is 0 Å². The highest BCUT2D eigenvalue weighted by atomic mass is 16.1. The highest BCUT2D eigenvalue weighted by Crippen LogP contribution is 2.31. The number of rotatable bonds is 3. The molecular weight excluding hydrogens is 306 g/mol. The van der Waals surface area contributed by atoms with Gasteiger partial charge >= 0.3 is 0 Å². The van der Waals surface area contributed by atoms with Gasteiger partial charge in [0.15, 0.2) is 5.43 Å². The third-order valence-electron chi connectivity index (χ3n) is 4.30. The van der Waals surface area contributed by atoms with Crippen molar-refractivity contribution in [2.45, 2.75) is 34.2 Å². The zero-order valence-electron chi connectivity index (χ0n) is 15.4. The van der Waals surface area contributed by atoms with E-state index in [0.717, 1.165) is 34.6 Å². The lowest BCUT2D eigenvalue weighted by Crippen LogP contribution is -2.23. The first-order valence-electron chi connectivity index (χ1n) is 8.72. The van der Waals surface area contributed by atoms with E-state index in [9.17, 15) is 4.79 Å². The van der Waals surface area contributed by atoms with Gasteiger partial charge in [-0.05, 0) is 23.5 Å². The van der Waals surface area contributed by atoms with Crippen molar-refractivity contribution >= 4 is 0 Å². The van der Waals surface area contributed by atoms with Gasteiger partial charge in [-0.3, -0.25) is 4.79 Å². The maximum Gasteiger partial charge on any atom is 0.185 e. The van der Waals surface area contributed by atoms with Gasteiger partial charge in [0, 0.05) is 18.2 Å². The molecule has 128 valence electrons. The van der Waals surface area contributed by atoms with Crippen molar-refractivity contribution in [3.8, 4) is 22.5 Å². The lowest BCUT2D eigenvalue weighted by molar-refractivity contribution is 0.346. The Labute approximate surface area is 149 Å². The van der Waals surface area contributed by atoms with Crippen LogP contribution in [0.25, 0.3) is 22.5 Å². The van der Waals surface area contributed by atoms with Crippen molar-refractivity contribution in [2.75, 3.05) is 0 Å². The zero-order valence-corrected chi connectivity index (χ0v) is 15.4. The largest absolute Gasteiger partial charge is 0.340 e. The Bertz CT molecular complexity index is 916. The molecule has 0 saturated heterocycles. The van der Waals surface area contributed by atoms with Crippen molar-refractivity contribution in [3.05, 3.63) is 82.5 Å². The molecule has 25 heavy (non-hydrogen) atoms. The van der Waals surface area contributed by atoms with Crippen LogP contribution in [0.2, 0.25) is 0 Å². The summed E-state index contributed by atoms with van der Waals surface area (Å²) in [7, 11) is 0. The first kappa shape index (κ1) is 17.2. The third-order valence-corrected chi connectivity index (χ3v) is 4.30. The molecule has 3 aromatic rings. The summed E-state index contributed by atoms with van der Waals surface area (Å²) in [5.74, 6) is 0. The molecule has 0 N–H and O–H groups in total. The molecule has 0 aliphatic rings. The van der Waals surface area contributed by atoms with Gasteiger partial charge in [0.1, 0.15) is 0 Å². The SMILES string of the molecule is Cc1c(-c2ccccc2)n(CC(C)(C)C)c(-c2ccccc2)cc1=O. The monoisotopic (exact) mass is 331 g/mol. The van der Waals surface area contributed by atoms with Crippen molar-refractivity contribution in [3.63, 3.8) is 0 Å². The molecule has 0 unspecified atom stereocenters. The lowest BCUT2D eigenvalue weighted by atomic mass is 9.94.